The number of amides is 2. The summed E-state index contributed by atoms with van der Waals surface area (Å²) in [6.45, 7) is 1.52. The average Bonchev–Trinajstić information content (AvgIpc) is 2.96. The summed E-state index contributed by atoms with van der Waals surface area (Å²) in [6.07, 6.45) is 9.26. The SMILES string of the molecule is Cn1cc(C2CCN(C(=O)Nc3ccncc3Br)CC2)cn1. The number of piperidine rings is 1. The van der Waals surface area contributed by atoms with Crippen molar-refractivity contribution in [2.75, 3.05) is 18.4 Å². The second kappa shape index (κ2) is 6.48. The van der Waals surface area contributed by atoms with E-state index < -0.39 is 0 Å². The number of hydrogen-bond acceptors (Lipinski definition) is 3. The molecule has 0 aromatic carbocycles. The van der Waals surface area contributed by atoms with Gasteiger partial charge in [-0.05, 0) is 46.3 Å². The molecule has 0 saturated carbocycles. The second-order valence-corrected chi connectivity index (χ2v) is 6.35. The number of nitrogens with zero attached hydrogens (tertiary/aromatic N) is 4. The smallest absolute Gasteiger partial charge is 0.321 e. The predicted octanol–water partition coefficient (Wildman–Crippen LogP) is 2.99. The van der Waals surface area contributed by atoms with Gasteiger partial charge in [0.1, 0.15) is 0 Å². The van der Waals surface area contributed by atoms with Gasteiger partial charge in [0.05, 0.1) is 16.4 Å². The van der Waals surface area contributed by atoms with Crippen molar-refractivity contribution in [1.29, 1.82) is 0 Å². The monoisotopic (exact) mass is 363 g/mol. The summed E-state index contributed by atoms with van der Waals surface area (Å²) in [5, 5.41) is 7.15. The van der Waals surface area contributed by atoms with Crippen molar-refractivity contribution in [3.63, 3.8) is 0 Å². The van der Waals surface area contributed by atoms with Crippen LogP contribution in [0.4, 0.5) is 10.5 Å². The highest BCUT2D eigenvalue weighted by Crippen LogP contribution is 2.28. The average molecular weight is 364 g/mol. The van der Waals surface area contributed by atoms with Crippen LogP contribution >= 0.6 is 15.9 Å². The molecule has 0 bridgehead atoms. The van der Waals surface area contributed by atoms with Crippen LogP contribution in [0.1, 0.15) is 24.3 Å². The molecular formula is C15H18BrN5O. The maximum absolute atomic E-state index is 12.3. The van der Waals surface area contributed by atoms with Gasteiger partial charge in [0.2, 0.25) is 0 Å². The first kappa shape index (κ1) is 15.0. The molecule has 22 heavy (non-hydrogen) atoms. The Bertz CT molecular complexity index is 663. The van der Waals surface area contributed by atoms with E-state index in [4.69, 9.17) is 0 Å². The fourth-order valence-electron chi connectivity index (χ4n) is 2.74. The Balaban J connectivity index is 1.57. The van der Waals surface area contributed by atoms with Gasteiger partial charge in [-0.15, -0.1) is 0 Å². The van der Waals surface area contributed by atoms with Crippen LogP contribution in [-0.2, 0) is 7.05 Å². The van der Waals surface area contributed by atoms with E-state index in [-0.39, 0.29) is 6.03 Å². The van der Waals surface area contributed by atoms with Crippen LogP contribution in [0.5, 0.6) is 0 Å². The molecule has 1 saturated heterocycles. The molecule has 1 aliphatic rings. The maximum atomic E-state index is 12.3. The fraction of sp³-hybridized carbons (Fsp3) is 0.400. The molecule has 2 aromatic heterocycles. The van der Waals surface area contributed by atoms with E-state index in [1.165, 1.54) is 5.56 Å². The number of halogens is 1. The van der Waals surface area contributed by atoms with Crippen molar-refractivity contribution in [2.24, 2.45) is 7.05 Å². The molecule has 1 N–H and O–H groups in total. The first-order chi connectivity index (χ1) is 10.6. The lowest BCUT2D eigenvalue weighted by Gasteiger charge is -2.31. The largest absolute Gasteiger partial charge is 0.324 e. The Morgan fingerprint density at radius 1 is 1.36 bits per heavy atom. The van der Waals surface area contributed by atoms with E-state index in [2.05, 4.69) is 37.5 Å². The van der Waals surface area contributed by atoms with E-state index in [1.807, 2.05) is 22.8 Å². The molecule has 6 nitrogen and oxygen atoms in total. The minimum Gasteiger partial charge on any atom is -0.324 e. The topological polar surface area (TPSA) is 63.1 Å². The summed E-state index contributed by atoms with van der Waals surface area (Å²) >= 11 is 3.39. The van der Waals surface area contributed by atoms with Crippen LogP contribution in [0.25, 0.3) is 0 Å². The normalized spacial score (nSPS) is 15.8. The number of hydrogen-bond donors (Lipinski definition) is 1. The Kier molecular flexibility index (Phi) is 4.42. The lowest BCUT2D eigenvalue weighted by Crippen LogP contribution is -2.40. The third-order valence-electron chi connectivity index (χ3n) is 3.99. The van der Waals surface area contributed by atoms with Crippen LogP contribution in [-0.4, -0.2) is 38.8 Å². The number of aromatic nitrogens is 3. The van der Waals surface area contributed by atoms with Gasteiger partial charge in [-0.3, -0.25) is 9.67 Å². The number of pyridine rings is 1. The number of anilines is 1. The van der Waals surface area contributed by atoms with E-state index in [1.54, 1.807) is 18.5 Å². The van der Waals surface area contributed by atoms with Crippen LogP contribution in [0.2, 0.25) is 0 Å². The van der Waals surface area contributed by atoms with Gasteiger partial charge in [0.15, 0.2) is 0 Å². The number of carbonyl (C=O) groups excluding carboxylic acids is 1. The highest BCUT2D eigenvalue weighted by atomic mass is 79.9. The third kappa shape index (κ3) is 3.30. The summed E-state index contributed by atoms with van der Waals surface area (Å²) < 4.78 is 2.61. The third-order valence-corrected chi connectivity index (χ3v) is 4.62. The quantitative estimate of drug-likeness (QED) is 0.891. The van der Waals surface area contributed by atoms with E-state index in [9.17, 15) is 4.79 Å². The first-order valence-corrected chi connectivity index (χ1v) is 8.07. The molecule has 7 heteroatoms. The van der Waals surface area contributed by atoms with Crippen molar-refractivity contribution in [3.8, 4) is 0 Å². The van der Waals surface area contributed by atoms with Crippen molar-refractivity contribution < 1.29 is 4.79 Å². The number of nitrogens with one attached hydrogen (secondary N) is 1. The van der Waals surface area contributed by atoms with Crippen molar-refractivity contribution >= 4 is 27.6 Å². The number of aryl methyl sites for hydroxylation is 1. The predicted molar refractivity (Wildman–Crippen MR) is 87.7 cm³/mol. The molecule has 1 fully saturated rings. The molecule has 3 heterocycles. The van der Waals surface area contributed by atoms with E-state index in [0.29, 0.717) is 5.92 Å². The van der Waals surface area contributed by atoms with E-state index >= 15 is 0 Å². The number of likely N-dealkylation sites (tertiary alicyclic amines) is 1. The van der Waals surface area contributed by atoms with Gasteiger partial charge in [-0.25, -0.2) is 4.79 Å². The summed E-state index contributed by atoms with van der Waals surface area (Å²) in [5.41, 5.74) is 2.01. The Morgan fingerprint density at radius 3 is 2.77 bits per heavy atom. The van der Waals surface area contributed by atoms with Gasteiger partial charge < -0.3 is 10.2 Å². The maximum Gasteiger partial charge on any atom is 0.321 e. The molecule has 2 amide bonds. The zero-order valence-electron chi connectivity index (χ0n) is 12.4. The zero-order chi connectivity index (χ0) is 15.5. The standard InChI is InChI=1S/C15H18BrN5O/c1-20-10-12(8-18-20)11-3-6-21(7-4-11)15(22)19-14-2-5-17-9-13(14)16/h2,5,8-11H,3-4,6-7H2,1H3,(H,17,19,22). The summed E-state index contributed by atoms with van der Waals surface area (Å²) in [6, 6.07) is 1.72. The minimum absolute atomic E-state index is 0.0588. The lowest BCUT2D eigenvalue weighted by atomic mass is 9.92. The Hall–Kier alpha value is -1.89. The molecule has 3 rings (SSSR count). The number of urea groups is 1. The molecule has 1 aliphatic heterocycles. The van der Waals surface area contributed by atoms with Gasteiger partial charge in [-0.1, -0.05) is 0 Å². The fourth-order valence-corrected chi connectivity index (χ4v) is 3.09. The first-order valence-electron chi connectivity index (χ1n) is 7.27. The van der Waals surface area contributed by atoms with Crippen LogP contribution in [0.3, 0.4) is 0 Å². The van der Waals surface area contributed by atoms with Crippen LogP contribution in [0, 0.1) is 0 Å². The highest BCUT2D eigenvalue weighted by molar-refractivity contribution is 9.10. The molecule has 0 aliphatic carbocycles. The van der Waals surface area contributed by atoms with Gasteiger partial charge in [-0.2, -0.15) is 5.10 Å². The lowest BCUT2D eigenvalue weighted by molar-refractivity contribution is 0.194. The summed E-state index contributed by atoms with van der Waals surface area (Å²) in [4.78, 5) is 18.2. The minimum atomic E-state index is -0.0588. The molecule has 0 spiro atoms. The summed E-state index contributed by atoms with van der Waals surface area (Å²) in [5.74, 6) is 0.491. The highest BCUT2D eigenvalue weighted by Gasteiger charge is 2.24. The molecule has 0 unspecified atom stereocenters. The zero-order valence-corrected chi connectivity index (χ0v) is 14.0. The molecule has 2 aromatic rings. The van der Waals surface area contributed by atoms with Crippen molar-refractivity contribution in [3.05, 3.63) is 40.9 Å². The Morgan fingerprint density at radius 2 is 2.14 bits per heavy atom. The van der Waals surface area contributed by atoms with Crippen LogP contribution in [0.15, 0.2) is 35.3 Å². The Labute approximate surface area is 137 Å². The van der Waals surface area contributed by atoms with Gasteiger partial charge >= 0.3 is 6.03 Å². The molecular weight excluding hydrogens is 346 g/mol. The van der Waals surface area contributed by atoms with Crippen LogP contribution < -0.4 is 5.32 Å². The number of carbonyl (C=O) groups is 1. The van der Waals surface area contributed by atoms with Gasteiger partial charge in [0.25, 0.3) is 0 Å². The summed E-state index contributed by atoms with van der Waals surface area (Å²) in [7, 11) is 1.93. The van der Waals surface area contributed by atoms with Gasteiger partial charge in [0, 0.05) is 38.7 Å². The second-order valence-electron chi connectivity index (χ2n) is 5.49. The van der Waals surface area contributed by atoms with Crippen molar-refractivity contribution in [2.45, 2.75) is 18.8 Å². The molecule has 116 valence electrons. The molecule has 0 atom stereocenters. The van der Waals surface area contributed by atoms with Crippen molar-refractivity contribution in [1.82, 2.24) is 19.7 Å². The number of rotatable bonds is 2. The van der Waals surface area contributed by atoms with E-state index in [0.717, 1.165) is 36.1 Å². The molecule has 0 radical (unpaired) electrons.